The van der Waals surface area contributed by atoms with Crippen LogP contribution in [0.4, 0.5) is 5.69 Å². The van der Waals surface area contributed by atoms with Gasteiger partial charge >= 0.3 is 0 Å². The Morgan fingerprint density at radius 2 is 1.95 bits per heavy atom. The number of methoxy groups -OCH3 is 2. The third-order valence-corrected chi connectivity index (χ3v) is 4.12. The Labute approximate surface area is 124 Å². The SMILES string of the molecule is COc1ccc(OC)c(-c2nn(C3CCCC3)cc2N)c1. The average molecular weight is 287 g/mol. The molecule has 0 spiro atoms. The normalized spacial score (nSPS) is 15.3. The summed E-state index contributed by atoms with van der Waals surface area (Å²) >= 11 is 0. The smallest absolute Gasteiger partial charge is 0.128 e. The second-order valence-corrected chi connectivity index (χ2v) is 5.42. The first-order valence-electron chi connectivity index (χ1n) is 7.30. The summed E-state index contributed by atoms with van der Waals surface area (Å²) in [4.78, 5) is 0. The number of nitrogens with zero attached hydrogens (tertiary/aromatic N) is 2. The Morgan fingerprint density at radius 1 is 1.19 bits per heavy atom. The number of anilines is 1. The van der Waals surface area contributed by atoms with Crippen LogP contribution in [-0.2, 0) is 0 Å². The third-order valence-electron chi connectivity index (χ3n) is 4.12. The highest BCUT2D eigenvalue weighted by molar-refractivity contribution is 5.77. The zero-order valence-corrected chi connectivity index (χ0v) is 12.5. The molecule has 0 radical (unpaired) electrons. The largest absolute Gasteiger partial charge is 0.497 e. The molecular formula is C16H21N3O2. The second kappa shape index (κ2) is 5.68. The molecule has 2 N–H and O–H groups in total. The predicted molar refractivity (Wildman–Crippen MR) is 82.7 cm³/mol. The van der Waals surface area contributed by atoms with Crippen LogP contribution in [0.25, 0.3) is 11.3 Å². The van der Waals surface area contributed by atoms with Crippen molar-refractivity contribution in [2.24, 2.45) is 0 Å². The maximum atomic E-state index is 6.18. The fourth-order valence-corrected chi connectivity index (χ4v) is 2.97. The fraction of sp³-hybridized carbons (Fsp3) is 0.438. The van der Waals surface area contributed by atoms with Crippen LogP contribution in [0.3, 0.4) is 0 Å². The van der Waals surface area contributed by atoms with Crippen LogP contribution in [-0.4, -0.2) is 24.0 Å². The van der Waals surface area contributed by atoms with Gasteiger partial charge in [-0.05, 0) is 31.0 Å². The number of benzene rings is 1. The molecule has 1 fully saturated rings. The minimum Gasteiger partial charge on any atom is -0.497 e. The topological polar surface area (TPSA) is 62.3 Å². The first-order valence-corrected chi connectivity index (χ1v) is 7.30. The summed E-state index contributed by atoms with van der Waals surface area (Å²) in [6, 6.07) is 6.13. The molecule has 0 amide bonds. The van der Waals surface area contributed by atoms with E-state index in [1.54, 1.807) is 14.2 Å². The Hall–Kier alpha value is -2.17. The molecule has 112 valence electrons. The van der Waals surface area contributed by atoms with E-state index in [-0.39, 0.29) is 0 Å². The summed E-state index contributed by atoms with van der Waals surface area (Å²) in [6.07, 6.45) is 6.82. The standard InChI is InChI=1S/C16H21N3O2/c1-20-12-7-8-15(21-2)13(9-12)16-14(17)10-19(18-16)11-5-3-4-6-11/h7-11H,3-6,17H2,1-2H3. The van der Waals surface area contributed by atoms with E-state index < -0.39 is 0 Å². The number of rotatable bonds is 4. The van der Waals surface area contributed by atoms with Crippen LogP contribution in [0.5, 0.6) is 11.5 Å². The number of ether oxygens (including phenoxy) is 2. The van der Waals surface area contributed by atoms with Gasteiger partial charge in [0.15, 0.2) is 0 Å². The van der Waals surface area contributed by atoms with Gasteiger partial charge in [-0.15, -0.1) is 0 Å². The average Bonchev–Trinajstić information content (AvgIpc) is 3.15. The zero-order chi connectivity index (χ0) is 14.8. The molecule has 21 heavy (non-hydrogen) atoms. The van der Waals surface area contributed by atoms with Gasteiger partial charge in [0.2, 0.25) is 0 Å². The summed E-state index contributed by atoms with van der Waals surface area (Å²) in [6.45, 7) is 0. The van der Waals surface area contributed by atoms with Crippen molar-refractivity contribution in [1.29, 1.82) is 0 Å². The van der Waals surface area contributed by atoms with E-state index in [0.717, 1.165) is 22.8 Å². The van der Waals surface area contributed by atoms with Crippen molar-refractivity contribution < 1.29 is 9.47 Å². The summed E-state index contributed by atoms with van der Waals surface area (Å²) < 4.78 is 12.7. The lowest BCUT2D eigenvalue weighted by Crippen LogP contribution is -2.05. The van der Waals surface area contributed by atoms with Crippen molar-refractivity contribution in [3.63, 3.8) is 0 Å². The summed E-state index contributed by atoms with van der Waals surface area (Å²) in [5, 5.41) is 4.70. The molecule has 1 aliphatic rings. The van der Waals surface area contributed by atoms with Crippen LogP contribution in [0.2, 0.25) is 0 Å². The van der Waals surface area contributed by atoms with Gasteiger partial charge in [0.05, 0.1) is 25.9 Å². The quantitative estimate of drug-likeness (QED) is 0.937. The second-order valence-electron chi connectivity index (χ2n) is 5.42. The predicted octanol–water partition coefficient (Wildman–Crippen LogP) is 3.26. The van der Waals surface area contributed by atoms with Crippen LogP contribution >= 0.6 is 0 Å². The zero-order valence-electron chi connectivity index (χ0n) is 12.5. The highest BCUT2D eigenvalue weighted by Gasteiger charge is 2.21. The van der Waals surface area contributed by atoms with Crippen molar-refractivity contribution in [3.8, 4) is 22.8 Å². The van der Waals surface area contributed by atoms with Crippen molar-refractivity contribution in [2.75, 3.05) is 20.0 Å². The van der Waals surface area contributed by atoms with Crippen molar-refractivity contribution in [2.45, 2.75) is 31.7 Å². The van der Waals surface area contributed by atoms with E-state index in [2.05, 4.69) is 0 Å². The monoisotopic (exact) mass is 287 g/mol. The van der Waals surface area contributed by atoms with E-state index >= 15 is 0 Å². The highest BCUT2D eigenvalue weighted by atomic mass is 16.5. The molecule has 1 aliphatic carbocycles. The van der Waals surface area contributed by atoms with Gasteiger partial charge in [0.1, 0.15) is 17.2 Å². The van der Waals surface area contributed by atoms with Crippen molar-refractivity contribution in [3.05, 3.63) is 24.4 Å². The minimum absolute atomic E-state index is 0.470. The summed E-state index contributed by atoms with van der Waals surface area (Å²) in [5.74, 6) is 1.51. The summed E-state index contributed by atoms with van der Waals surface area (Å²) in [5.41, 5.74) is 8.48. The fourth-order valence-electron chi connectivity index (χ4n) is 2.97. The van der Waals surface area contributed by atoms with Crippen LogP contribution in [0.1, 0.15) is 31.7 Å². The Balaban J connectivity index is 2.03. The Morgan fingerprint density at radius 3 is 2.62 bits per heavy atom. The van der Waals surface area contributed by atoms with Crippen molar-refractivity contribution >= 4 is 5.69 Å². The van der Waals surface area contributed by atoms with E-state index in [0.29, 0.717) is 11.7 Å². The summed E-state index contributed by atoms with van der Waals surface area (Å²) in [7, 11) is 3.29. The first kappa shape index (κ1) is 13.8. The van der Waals surface area contributed by atoms with Crippen LogP contribution in [0, 0.1) is 0 Å². The van der Waals surface area contributed by atoms with Gasteiger partial charge in [0.25, 0.3) is 0 Å². The van der Waals surface area contributed by atoms with E-state index in [1.807, 2.05) is 29.1 Å². The first-order chi connectivity index (χ1) is 10.2. The van der Waals surface area contributed by atoms with Gasteiger partial charge in [-0.3, -0.25) is 4.68 Å². The molecule has 2 aromatic rings. The van der Waals surface area contributed by atoms with Gasteiger partial charge in [0, 0.05) is 11.8 Å². The minimum atomic E-state index is 0.470. The molecule has 1 aromatic heterocycles. The number of hydrogen-bond donors (Lipinski definition) is 1. The molecule has 1 aromatic carbocycles. The molecule has 0 atom stereocenters. The van der Waals surface area contributed by atoms with Gasteiger partial charge in [-0.1, -0.05) is 12.8 Å². The number of nitrogen functional groups attached to an aromatic ring is 1. The molecule has 5 heteroatoms. The van der Waals surface area contributed by atoms with Crippen molar-refractivity contribution in [1.82, 2.24) is 9.78 Å². The van der Waals surface area contributed by atoms with E-state index in [4.69, 9.17) is 20.3 Å². The number of aromatic nitrogens is 2. The molecule has 1 heterocycles. The maximum Gasteiger partial charge on any atom is 0.128 e. The molecule has 0 saturated heterocycles. The van der Waals surface area contributed by atoms with Gasteiger partial charge in [-0.25, -0.2) is 0 Å². The van der Waals surface area contributed by atoms with E-state index in [9.17, 15) is 0 Å². The molecule has 0 aliphatic heterocycles. The third kappa shape index (κ3) is 2.55. The lowest BCUT2D eigenvalue weighted by atomic mass is 10.1. The number of hydrogen-bond acceptors (Lipinski definition) is 4. The van der Waals surface area contributed by atoms with Gasteiger partial charge in [-0.2, -0.15) is 5.10 Å². The molecular weight excluding hydrogens is 266 g/mol. The Bertz CT molecular complexity index is 630. The molecule has 1 saturated carbocycles. The van der Waals surface area contributed by atoms with Crippen LogP contribution < -0.4 is 15.2 Å². The maximum absolute atomic E-state index is 6.18. The lowest BCUT2D eigenvalue weighted by Gasteiger charge is -2.10. The van der Waals surface area contributed by atoms with E-state index in [1.165, 1.54) is 25.7 Å². The number of nitrogens with two attached hydrogens (primary N) is 1. The molecule has 5 nitrogen and oxygen atoms in total. The highest BCUT2D eigenvalue weighted by Crippen LogP contribution is 2.37. The molecule has 0 bridgehead atoms. The molecule has 0 unspecified atom stereocenters. The lowest BCUT2D eigenvalue weighted by molar-refractivity contribution is 0.404. The van der Waals surface area contributed by atoms with Gasteiger partial charge < -0.3 is 15.2 Å². The van der Waals surface area contributed by atoms with Crippen LogP contribution in [0.15, 0.2) is 24.4 Å². The molecule has 3 rings (SSSR count). The Kier molecular flexibility index (Phi) is 3.73.